The molecule has 3 rings (SSSR count). The van der Waals surface area contributed by atoms with E-state index in [1.54, 1.807) is 54.6 Å². The van der Waals surface area contributed by atoms with Crippen LogP contribution in [0.1, 0.15) is 39.1 Å². The van der Waals surface area contributed by atoms with Crippen molar-refractivity contribution in [2.75, 3.05) is 13.7 Å². The van der Waals surface area contributed by atoms with Crippen LogP contribution >= 0.6 is 35.6 Å². The molecule has 0 bridgehead atoms. The van der Waals surface area contributed by atoms with Gasteiger partial charge >= 0.3 is 5.97 Å². The van der Waals surface area contributed by atoms with Gasteiger partial charge in [0.15, 0.2) is 0 Å². The van der Waals surface area contributed by atoms with E-state index in [-0.39, 0.29) is 29.5 Å². The number of hydrogen-bond donors (Lipinski definition) is 2. The molecule has 0 spiro atoms. The molecular weight excluding hydrogens is 498 g/mol. The summed E-state index contributed by atoms with van der Waals surface area (Å²) in [4.78, 5) is 50.3. The smallest absolute Gasteiger partial charge is 0.337 e. The first-order valence-electron chi connectivity index (χ1n) is 10.1. The van der Waals surface area contributed by atoms with Crippen molar-refractivity contribution < 1.29 is 23.9 Å². The lowest BCUT2D eigenvalue weighted by Crippen LogP contribution is -2.42. The summed E-state index contributed by atoms with van der Waals surface area (Å²) in [6.07, 6.45) is 2.12. The molecule has 2 aromatic rings. The summed E-state index contributed by atoms with van der Waals surface area (Å²) in [6, 6.07) is 13.1. The summed E-state index contributed by atoms with van der Waals surface area (Å²) in [5, 5.41) is 0.274. The normalized spacial score (nSPS) is 14.3. The first-order valence-corrected chi connectivity index (χ1v) is 11.7. The third-order valence-electron chi connectivity index (χ3n) is 4.72. The van der Waals surface area contributed by atoms with Crippen LogP contribution in [0, 0.1) is 0 Å². The third-order valence-corrected chi connectivity index (χ3v) is 6.43. The van der Waals surface area contributed by atoms with Gasteiger partial charge in [0.05, 0.1) is 28.2 Å². The minimum atomic E-state index is -0.527. The van der Waals surface area contributed by atoms with Gasteiger partial charge in [0.25, 0.3) is 11.8 Å². The molecule has 34 heavy (non-hydrogen) atoms. The predicted octanol–water partition coefficient (Wildman–Crippen LogP) is 3.57. The molecule has 0 aliphatic carbocycles. The number of ether oxygens (including phenoxy) is 1. The lowest BCUT2D eigenvalue weighted by Gasteiger charge is -2.14. The van der Waals surface area contributed by atoms with Crippen LogP contribution in [0.2, 0.25) is 5.02 Å². The molecule has 0 aromatic heterocycles. The van der Waals surface area contributed by atoms with E-state index in [9.17, 15) is 19.2 Å². The van der Waals surface area contributed by atoms with Gasteiger partial charge < -0.3 is 4.74 Å². The van der Waals surface area contributed by atoms with Gasteiger partial charge in [-0.2, -0.15) is 0 Å². The van der Waals surface area contributed by atoms with Gasteiger partial charge in [-0.1, -0.05) is 59.8 Å². The Morgan fingerprint density at radius 3 is 2.50 bits per heavy atom. The second-order valence-electron chi connectivity index (χ2n) is 7.03. The van der Waals surface area contributed by atoms with Gasteiger partial charge in [-0.3, -0.25) is 30.1 Å². The van der Waals surface area contributed by atoms with E-state index in [1.165, 1.54) is 23.8 Å². The van der Waals surface area contributed by atoms with Crippen molar-refractivity contribution in [2.45, 2.75) is 12.8 Å². The van der Waals surface area contributed by atoms with Crippen molar-refractivity contribution >= 4 is 69.7 Å². The maximum absolute atomic E-state index is 12.7. The number of carbonyl (C=O) groups is 4. The maximum Gasteiger partial charge on any atom is 0.337 e. The minimum Gasteiger partial charge on any atom is -0.465 e. The number of amides is 3. The number of thioether (sulfide) groups is 1. The number of halogens is 1. The largest absolute Gasteiger partial charge is 0.465 e. The fourth-order valence-electron chi connectivity index (χ4n) is 2.98. The molecule has 1 heterocycles. The van der Waals surface area contributed by atoms with Crippen molar-refractivity contribution in [3.05, 3.63) is 75.1 Å². The number of benzene rings is 2. The van der Waals surface area contributed by atoms with Gasteiger partial charge in [-0.25, -0.2) is 4.79 Å². The fraction of sp³-hybridized carbons (Fsp3) is 0.174. The molecule has 1 aliphatic rings. The predicted molar refractivity (Wildman–Crippen MR) is 134 cm³/mol. The highest BCUT2D eigenvalue weighted by Gasteiger charge is 2.31. The Morgan fingerprint density at radius 1 is 1.12 bits per heavy atom. The van der Waals surface area contributed by atoms with Crippen molar-refractivity contribution in [1.29, 1.82) is 0 Å². The zero-order chi connectivity index (χ0) is 24.7. The topological polar surface area (TPSA) is 105 Å². The molecule has 1 saturated heterocycles. The van der Waals surface area contributed by atoms with E-state index in [0.29, 0.717) is 21.2 Å². The summed E-state index contributed by atoms with van der Waals surface area (Å²) in [5.41, 5.74) is 6.04. The van der Waals surface area contributed by atoms with Crippen molar-refractivity contribution in [3.8, 4) is 0 Å². The average Bonchev–Trinajstić information content (AvgIpc) is 3.10. The molecule has 2 aromatic carbocycles. The van der Waals surface area contributed by atoms with E-state index in [0.717, 1.165) is 5.56 Å². The van der Waals surface area contributed by atoms with Crippen LogP contribution in [0.5, 0.6) is 0 Å². The number of nitrogens with zero attached hydrogens (tertiary/aromatic N) is 1. The molecule has 1 aliphatic heterocycles. The summed E-state index contributed by atoms with van der Waals surface area (Å²) in [7, 11) is 1.31. The molecule has 1 fully saturated rings. The van der Waals surface area contributed by atoms with Crippen molar-refractivity contribution in [2.24, 2.45) is 0 Å². The molecule has 2 N–H and O–H groups in total. The van der Waals surface area contributed by atoms with E-state index < -0.39 is 17.8 Å². The lowest BCUT2D eigenvalue weighted by molar-refractivity contribution is -0.124. The van der Waals surface area contributed by atoms with Gasteiger partial charge in [0.1, 0.15) is 4.32 Å². The Hall–Kier alpha value is -3.21. The van der Waals surface area contributed by atoms with Gasteiger partial charge in [-0.15, -0.1) is 0 Å². The van der Waals surface area contributed by atoms with Crippen LogP contribution in [-0.2, 0) is 14.3 Å². The lowest BCUT2D eigenvalue weighted by atomic mass is 10.1. The Labute approximate surface area is 210 Å². The highest BCUT2D eigenvalue weighted by Crippen LogP contribution is 2.32. The molecule has 0 unspecified atom stereocenters. The van der Waals surface area contributed by atoms with E-state index in [4.69, 9.17) is 23.8 Å². The van der Waals surface area contributed by atoms with E-state index in [2.05, 4.69) is 15.6 Å². The SMILES string of the molecule is COC(=O)c1ccc(C=C2SC(=S)N(CCCC(=O)NNC(=O)c3ccccc3Cl)C2=O)cc1. The second kappa shape index (κ2) is 11.8. The number of rotatable bonds is 7. The number of nitrogens with one attached hydrogen (secondary N) is 2. The van der Waals surface area contributed by atoms with E-state index >= 15 is 0 Å². The third kappa shape index (κ3) is 6.43. The molecule has 0 atom stereocenters. The number of esters is 1. The quantitative estimate of drug-likeness (QED) is 0.250. The van der Waals surface area contributed by atoms with Crippen LogP contribution < -0.4 is 10.9 Å². The molecule has 0 radical (unpaired) electrons. The van der Waals surface area contributed by atoms with Crippen LogP contribution in [0.15, 0.2) is 53.4 Å². The maximum atomic E-state index is 12.7. The summed E-state index contributed by atoms with van der Waals surface area (Å²) < 4.78 is 5.07. The number of thiocarbonyl (C=S) groups is 1. The van der Waals surface area contributed by atoms with Crippen LogP contribution in [0.25, 0.3) is 6.08 Å². The molecule has 8 nitrogen and oxygen atoms in total. The zero-order valence-corrected chi connectivity index (χ0v) is 20.4. The van der Waals surface area contributed by atoms with Crippen molar-refractivity contribution in [3.63, 3.8) is 0 Å². The fourth-order valence-corrected chi connectivity index (χ4v) is 4.51. The van der Waals surface area contributed by atoms with Gasteiger partial charge in [0.2, 0.25) is 5.91 Å². The zero-order valence-electron chi connectivity index (χ0n) is 18.0. The van der Waals surface area contributed by atoms with Gasteiger partial charge in [0, 0.05) is 13.0 Å². The molecule has 3 amide bonds. The Balaban J connectivity index is 1.48. The highest BCUT2D eigenvalue weighted by atomic mass is 35.5. The first-order chi connectivity index (χ1) is 16.3. The molecular formula is C23H20ClN3O5S2. The second-order valence-corrected chi connectivity index (χ2v) is 9.12. The molecule has 11 heteroatoms. The van der Waals surface area contributed by atoms with Crippen molar-refractivity contribution in [1.82, 2.24) is 15.8 Å². The average molecular weight is 518 g/mol. The Bertz CT molecular complexity index is 1170. The molecule has 0 saturated carbocycles. The summed E-state index contributed by atoms with van der Waals surface area (Å²) in [6.45, 7) is 0.259. The highest BCUT2D eigenvalue weighted by molar-refractivity contribution is 8.26. The number of methoxy groups -OCH3 is 1. The van der Waals surface area contributed by atoms with Crippen LogP contribution in [-0.4, -0.2) is 46.6 Å². The number of carbonyl (C=O) groups excluding carboxylic acids is 4. The van der Waals surface area contributed by atoms with Gasteiger partial charge in [-0.05, 0) is 42.3 Å². The molecule has 176 valence electrons. The van der Waals surface area contributed by atoms with Crippen LogP contribution in [0.3, 0.4) is 0 Å². The minimum absolute atomic E-state index is 0.0773. The Kier molecular flexibility index (Phi) is 8.80. The Morgan fingerprint density at radius 2 is 1.82 bits per heavy atom. The van der Waals surface area contributed by atoms with Crippen LogP contribution in [0.4, 0.5) is 0 Å². The summed E-state index contributed by atoms with van der Waals surface area (Å²) >= 11 is 12.4. The number of hydrazine groups is 1. The standard InChI is InChI=1S/C23H20ClN3O5S2/c1-32-22(31)15-10-8-14(9-11-15)13-18-21(30)27(23(33)34-18)12-4-7-19(28)25-26-20(29)16-5-2-3-6-17(16)24/h2-3,5-6,8-11,13H,4,7,12H2,1H3,(H,25,28)(H,26,29). The summed E-state index contributed by atoms with van der Waals surface area (Å²) in [5.74, 6) is -1.63. The van der Waals surface area contributed by atoms with E-state index in [1.807, 2.05) is 0 Å². The first kappa shape index (κ1) is 25.4. The number of hydrogen-bond acceptors (Lipinski definition) is 7. The monoisotopic (exact) mass is 517 g/mol.